The zero-order valence-corrected chi connectivity index (χ0v) is 57.7. The molecule has 0 saturated heterocycles. The van der Waals surface area contributed by atoms with Crippen molar-refractivity contribution in [1.29, 1.82) is 0 Å². The summed E-state index contributed by atoms with van der Waals surface area (Å²) in [6.07, 6.45) is 37.6. The highest BCUT2D eigenvalue weighted by Crippen LogP contribution is 2.45. The van der Waals surface area contributed by atoms with Crippen LogP contribution in [0.5, 0.6) is 0 Å². The van der Waals surface area contributed by atoms with E-state index in [1.807, 2.05) is 0 Å². The highest BCUT2D eigenvalue weighted by atomic mass is 31.2. The van der Waals surface area contributed by atoms with E-state index in [0.29, 0.717) is 25.7 Å². The summed E-state index contributed by atoms with van der Waals surface area (Å²) in [6.45, 7) is 14.0. The molecule has 0 heterocycles. The Labute approximate surface area is 524 Å². The van der Waals surface area contributed by atoms with E-state index in [0.717, 1.165) is 126 Å². The lowest BCUT2D eigenvalue weighted by molar-refractivity contribution is -0.161. The Bertz CT molecular complexity index is 1720. The van der Waals surface area contributed by atoms with Gasteiger partial charge in [0.15, 0.2) is 12.2 Å². The molecule has 19 heteroatoms. The van der Waals surface area contributed by atoms with E-state index < -0.39 is 97.5 Å². The Kier molecular flexibility index (Phi) is 55.7. The third-order valence-corrected chi connectivity index (χ3v) is 17.9. The van der Waals surface area contributed by atoms with Crippen molar-refractivity contribution in [3.05, 3.63) is 0 Å². The predicted octanol–water partition coefficient (Wildman–Crippen LogP) is 18.5. The highest BCUT2D eigenvalue weighted by molar-refractivity contribution is 7.47. The Hall–Kier alpha value is -1.94. The van der Waals surface area contributed by atoms with E-state index in [9.17, 15) is 43.2 Å². The standard InChI is InChI=1S/C67H130O17P2/c1-9-59(7)45-37-29-23-25-31-39-47-64(69)77-53-62(83-66(71)49-41-33-21-17-13-11-12-15-19-27-35-43-57(3)4)55-81-85(73,74)79-51-61(68)52-80-86(75,76)82-56-63(54-78-65(70)48-40-32-26-24-30-38-46-60(8)10-2)84-67(72)50-42-34-22-18-14-16-20-28-36-44-58(5)6/h57-63,68H,9-56H2,1-8H3,(H,73,74)(H,75,76)/t59?,60?,61-,62+,63+/m0/s1. The number of phosphoric ester groups is 2. The summed E-state index contributed by atoms with van der Waals surface area (Å²) in [5, 5.41) is 10.6. The predicted molar refractivity (Wildman–Crippen MR) is 344 cm³/mol. The van der Waals surface area contributed by atoms with E-state index in [1.165, 1.54) is 116 Å². The second-order valence-corrected chi connectivity index (χ2v) is 28.6. The number of aliphatic hydroxyl groups excluding tert-OH is 1. The lowest BCUT2D eigenvalue weighted by Crippen LogP contribution is -2.30. The molecule has 0 spiro atoms. The summed E-state index contributed by atoms with van der Waals surface area (Å²) < 4.78 is 68.1. The van der Waals surface area contributed by atoms with E-state index >= 15 is 0 Å². The molecule has 0 amide bonds. The molecule has 0 aliphatic heterocycles. The zero-order valence-electron chi connectivity index (χ0n) is 55.9. The Morgan fingerprint density at radius 1 is 0.326 bits per heavy atom. The Morgan fingerprint density at radius 3 is 0.826 bits per heavy atom. The summed E-state index contributed by atoms with van der Waals surface area (Å²) in [6, 6.07) is 0. The molecule has 3 N–H and O–H groups in total. The number of ether oxygens (including phenoxy) is 4. The van der Waals surface area contributed by atoms with Gasteiger partial charge >= 0.3 is 39.5 Å². The lowest BCUT2D eigenvalue weighted by atomic mass is 10.00. The van der Waals surface area contributed by atoms with Gasteiger partial charge in [0, 0.05) is 25.7 Å². The fourth-order valence-corrected chi connectivity index (χ4v) is 11.5. The van der Waals surface area contributed by atoms with Crippen LogP contribution in [0.15, 0.2) is 0 Å². The smallest absolute Gasteiger partial charge is 0.462 e. The minimum atomic E-state index is -4.95. The minimum absolute atomic E-state index is 0.104. The lowest BCUT2D eigenvalue weighted by Gasteiger charge is -2.21. The van der Waals surface area contributed by atoms with Crippen LogP contribution < -0.4 is 0 Å². The maximum absolute atomic E-state index is 13.0. The second-order valence-electron chi connectivity index (χ2n) is 25.6. The van der Waals surface area contributed by atoms with E-state index in [4.69, 9.17) is 37.0 Å². The van der Waals surface area contributed by atoms with Crippen molar-refractivity contribution in [2.75, 3.05) is 39.6 Å². The maximum atomic E-state index is 13.0. The normalized spacial score (nSPS) is 15.0. The quantitative estimate of drug-likeness (QED) is 0.0222. The molecule has 0 aromatic heterocycles. The van der Waals surface area contributed by atoms with Gasteiger partial charge in [-0.25, -0.2) is 9.13 Å². The number of hydrogen-bond acceptors (Lipinski definition) is 15. The number of rotatable bonds is 64. The molecule has 4 unspecified atom stereocenters. The van der Waals surface area contributed by atoms with Gasteiger partial charge in [0.1, 0.15) is 19.3 Å². The molecule has 0 bridgehead atoms. The molecule has 0 aliphatic rings. The van der Waals surface area contributed by atoms with Gasteiger partial charge in [-0.05, 0) is 49.4 Å². The van der Waals surface area contributed by atoms with E-state index in [1.54, 1.807) is 0 Å². The largest absolute Gasteiger partial charge is 0.472 e. The van der Waals surface area contributed by atoms with Crippen molar-refractivity contribution in [3.63, 3.8) is 0 Å². The third-order valence-electron chi connectivity index (χ3n) is 16.0. The molecular formula is C67H130O17P2. The molecule has 510 valence electrons. The van der Waals surface area contributed by atoms with Crippen molar-refractivity contribution in [2.45, 2.75) is 343 Å². The van der Waals surface area contributed by atoms with Gasteiger partial charge in [0.25, 0.3) is 0 Å². The van der Waals surface area contributed by atoms with Crippen LogP contribution >= 0.6 is 15.6 Å². The number of unbranched alkanes of at least 4 members (excludes halogenated alkanes) is 28. The fraction of sp³-hybridized carbons (Fsp3) is 0.940. The number of esters is 4. The van der Waals surface area contributed by atoms with Crippen LogP contribution in [0.25, 0.3) is 0 Å². The molecule has 17 nitrogen and oxygen atoms in total. The van der Waals surface area contributed by atoms with Gasteiger partial charge in [-0.2, -0.15) is 0 Å². The zero-order chi connectivity index (χ0) is 63.9. The van der Waals surface area contributed by atoms with Gasteiger partial charge in [0.2, 0.25) is 0 Å². The van der Waals surface area contributed by atoms with Crippen molar-refractivity contribution in [3.8, 4) is 0 Å². The van der Waals surface area contributed by atoms with Gasteiger partial charge < -0.3 is 33.8 Å². The summed E-state index contributed by atoms with van der Waals surface area (Å²) in [5.41, 5.74) is 0. The molecular weight excluding hydrogens is 1140 g/mol. The molecule has 0 saturated carbocycles. The SMILES string of the molecule is CCC(C)CCCCCCCCC(=O)OC[C@H](COP(=O)(O)OC[C@H](O)COP(=O)(O)OC[C@@H](COC(=O)CCCCCCCCC(C)CC)OC(=O)CCCCCCCCCCCC(C)C)OC(=O)CCCCCCCCCCCCCC(C)C. The van der Waals surface area contributed by atoms with Crippen LogP contribution in [0.2, 0.25) is 0 Å². The molecule has 0 fully saturated rings. The summed E-state index contributed by atoms with van der Waals surface area (Å²) in [7, 11) is -9.90. The Morgan fingerprint density at radius 2 is 0.558 bits per heavy atom. The highest BCUT2D eigenvalue weighted by Gasteiger charge is 2.30. The van der Waals surface area contributed by atoms with Gasteiger partial charge in [-0.15, -0.1) is 0 Å². The van der Waals surface area contributed by atoms with Crippen LogP contribution in [0.4, 0.5) is 0 Å². The van der Waals surface area contributed by atoms with Crippen molar-refractivity contribution in [1.82, 2.24) is 0 Å². The number of carbonyl (C=O) groups excluding carboxylic acids is 4. The average Bonchev–Trinajstić information content (AvgIpc) is 3.66. The molecule has 0 aromatic carbocycles. The van der Waals surface area contributed by atoms with Crippen LogP contribution in [-0.2, 0) is 65.4 Å². The third kappa shape index (κ3) is 58.4. The minimum Gasteiger partial charge on any atom is -0.462 e. The topological polar surface area (TPSA) is 237 Å². The number of carbonyl (C=O) groups is 4. The van der Waals surface area contributed by atoms with Crippen molar-refractivity contribution < 1.29 is 80.2 Å². The van der Waals surface area contributed by atoms with Crippen LogP contribution in [0, 0.1) is 23.7 Å². The van der Waals surface area contributed by atoms with E-state index in [2.05, 4.69) is 55.4 Å². The van der Waals surface area contributed by atoms with Crippen LogP contribution in [-0.4, -0.2) is 96.7 Å². The number of aliphatic hydroxyl groups is 1. The maximum Gasteiger partial charge on any atom is 0.472 e. The van der Waals surface area contributed by atoms with Gasteiger partial charge in [0.05, 0.1) is 26.4 Å². The molecule has 86 heavy (non-hydrogen) atoms. The average molecular weight is 1270 g/mol. The first-order chi connectivity index (χ1) is 41.2. The summed E-state index contributed by atoms with van der Waals surface area (Å²) in [4.78, 5) is 72.4. The second kappa shape index (κ2) is 57.0. The molecule has 0 aliphatic carbocycles. The summed E-state index contributed by atoms with van der Waals surface area (Å²) in [5.74, 6) is 0.828. The fourth-order valence-electron chi connectivity index (χ4n) is 9.89. The van der Waals surface area contributed by atoms with Crippen molar-refractivity contribution >= 4 is 39.5 Å². The van der Waals surface area contributed by atoms with Gasteiger partial charge in [-0.1, -0.05) is 274 Å². The van der Waals surface area contributed by atoms with Crippen LogP contribution in [0.1, 0.15) is 325 Å². The van der Waals surface area contributed by atoms with E-state index in [-0.39, 0.29) is 25.7 Å². The number of hydrogen-bond donors (Lipinski definition) is 3. The monoisotopic (exact) mass is 1270 g/mol. The molecule has 0 rings (SSSR count). The molecule has 0 radical (unpaired) electrons. The first-order valence-electron chi connectivity index (χ1n) is 34.8. The van der Waals surface area contributed by atoms with Crippen molar-refractivity contribution in [2.24, 2.45) is 23.7 Å². The van der Waals surface area contributed by atoms with Gasteiger partial charge in [-0.3, -0.25) is 37.3 Å². The first kappa shape index (κ1) is 84.1. The summed E-state index contributed by atoms with van der Waals surface area (Å²) >= 11 is 0. The number of phosphoric acid groups is 2. The molecule has 7 atom stereocenters. The molecule has 0 aromatic rings. The van der Waals surface area contributed by atoms with Crippen LogP contribution in [0.3, 0.4) is 0 Å². The Balaban J connectivity index is 5.27. The first-order valence-corrected chi connectivity index (χ1v) is 37.8.